The lowest BCUT2D eigenvalue weighted by atomic mass is 9.85. The summed E-state index contributed by atoms with van der Waals surface area (Å²) in [7, 11) is 2.15. The molecule has 3 aliphatic rings. The Kier molecular flexibility index (Phi) is 6.24. The van der Waals surface area contributed by atoms with Crippen molar-refractivity contribution in [2.45, 2.75) is 69.0 Å². The van der Waals surface area contributed by atoms with E-state index in [0.717, 1.165) is 17.5 Å². The normalized spacial score (nSPS) is 27.2. The van der Waals surface area contributed by atoms with E-state index in [0.29, 0.717) is 17.4 Å². The molecule has 0 radical (unpaired) electrons. The topological polar surface area (TPSA) is 50.1 Å². The van der Waals surface area contributed by atoms with Gasteiger partial charge in [-0.3, -0.25) is 4.98 Å². The molecule has 0 aromatic carbocycles. The van der Waals surface area contributed by atoms with Gasteiger partial charge in [-0.25, -0.2) is 0 Å². The average molecular weight is 441 g/mol. The molecular formula is C24H36N6S. The van der Waals surface area contributed by atoms with Crippen molar-refractivity contribution in [2.75, 3.05) is 36.8 Å². The van der Waals surface area contributed by atoms with Crippen LogP contribution in [0.5, 0.6) is 0 Å². The van der Waals surface area contributed by atoms with Gasteiger partial charge in [-0.2, -0.15) is 0 Å². The lowest BCUT2D eigenvalue weighted by Crippen LogP contribution is -2.37. The minimum atomic E-state index is 0.404. The van der Waals surface area contributed by atoms with E-state index in [1.807, 2.05) is 24.2 Å². The van der Waals surface area contributed by atoms with Crippen molar-refractivity contribution < 1.29 is 0 Å². The highest BCUT2D eigenvalue weighted by molar-refractivity contribution is 7.99. The fourth-order valence-electron chi connectivity index (χ4n) is 6.02. The monoisotopic (exact) mass is 440 g/mol. The fraction of sp³-hybridized carbons (Fsp3) is 0.708. The van der Waals surface area contributed by atoms with Crippen LogP contribution in [0.2, 0.25) is 0 Å². The Labute approximate surface area is 190 Å². The number of likely N-dealkylation sites (tertiary alicyclic amines) is 1. The number of hydrogen-bond donors (Lipinski definition) is 0. The number of rotatable bonds is 7. The van der Waals surface area contributed by atoms with Gasteiger partial charge < -0.3 is 14.4 Å². The number of nitrogens with zero attached hydrogens (tertiary/aromatic N) is 6. The SMILES string of the molecule is Cn1c(SCCCN2C[C@H]3N(c4cccnc4)CC[C@@]3(C)C2)nnc1C1CCCCC1. The second-order valence-corrected chi connectivity index (χ2v) is 11.1. The molecule has 6 nitrogen and oxygen atoms in total. The summed E-state index contributed by atoms with van der Waals surface area (Å²) in [5.41, 5.74) is 1.69. The molecule has 0 amide bonds. The predicted molar refractivity (Wildman–Crippen MR) is 127 cm³/mol. The first-order valence-electron chi connectivity index (χ1n) is 12.1. The van der Waals surface area contributed by atoms with Crippen LogP contribution in [0.1, 0.15) is 63.6 Å². The van der Waals surface area contributed by atoms with Gasteiger partial charge in [-0.15, -0.1) is 10.2 Å². The van der Waals surface area contributed by atoms with Gasteiger partial charge in [0.1, 0.15) is 5.82 Å². The first kappa shape index (κ1) is 21.3. The highest BCUT2D eigenvalue weighted by Gasteiger charge is 2.49. The molecule has 7 heteroatoms. The first-order chi connectivity index (χ1) is 15.1. The van der Waals surface area contributed by atoms with Crippen molar-refractivity contribution in [3.63, 3.8) is 0 Å². The Morgan fingerprint density at radius 1 is 1.19 bits per heavy atom. The fourth-order valence-corrected chi connectivity index (χ4v) is 6.86. The Morgan fingerprint density at radius 2 is 2.06 bits per heavy atom. The minimum Gasteiger partial charge on any atom is -0.365 e. The molecule has 0 N–H and O–H groups in total. The van der Waals surface area contributed by atoms with Crippen LogP contribution in [0.15, 0.2) is 29.7 Å². The number of anilines is 1. The molecule has 0 unspecified atom stereocenters. The van der Waals surface area contributed by atoms with Crippen LogP contribution in [-0.4, -0.2) is 62.6 Å². The second kappa shape index (κ2) is 9.10. The molecule has 2 aromatic rings. The molecule has 0 spiro atoms. The smallest absolute Gasteiger partial charge is 0.190 e. The third kappa shape index (κ3) is 4.36. The van der Waals surface area contributed by atoms with Crippen LogP contribution in [0.25, 0.3) is 0 Å². The average Bonchev–Trinajstić information content (AvgIpc) is 3.42. The molecule has 2 aliphatic heterocycles. The zero-order chi connectivity index (χ0) is 21.3. The van der Waals surface area contributed by atoms with E-state index in [4.69, 9.17) is 0 Å². The summed E-state index contributed by atoms with van der Waals surface area (Å²) in [6.45, 7) is 7.20. The first-order valence-corrected chi connectivity index (χ1v) is 13.0. The molecule has 31 heavy (non-hydrogen) atoms. The van der Waals surface area contributed by atoms with Gasteiger partial charge in [0.15, 0.2) is 5.16 Å². The van der Waals surface area contributed by atoms with Crippen LogP contribution in [0, 0.1) is 5.41 Å². The van der Waals surface area contributed by atoms with Crippen LogP contribution >= 0.6 is 11.8 Å². The molecule has 2 saturated heterocycles. The van der Waals surface area contributed by atoms with Crippen molar-refractivity contribution in [2.24, 2.45) is 12.5 Å². The molecule has 1 saturated carbocycles. The number of aromatic nitrogens is 4. The van der Waals surface area contributed by atoms with Crippen molar-refractivity contribution in [1.82, 2.24) is 24.6 Å². The summed E-state index contributed by atoms with van der Waals surface area (Å²) in [4.78, 5) is 9.61. The maximum absolute atomic E-state index is 4.55. The molecule has 3 fully saturated rings. The number of pyridine rings is 1. The highest BCUT2D eigenvalue weighted by atomic mass is 32.2. The molecule has 1 aliphatic carbocycles. The molecule has 5 rings (SSSR count). The molecular weight excluding hydrogens is 404 g/mol. The van der Waals surface area contributed by atoms with E-state index in [2.05, 4.69) is 55.7 Å². The molecule has 2 aromatic heterocycles. The van der Waals surface area contributed by atoms with Crippen molar-refractivity contribution in [3.8, 4) is 0 Å². The lowest BCUT2D eigenvalue weighted by molar-refractivity contribution is 0.276. The summed E-state index contributed by atoms with van der Waals surface area (Å²) in [6, 6.07) is 4.88. The van der Waals surface area contributed by atoms with Crippen LogP contribution < -0.4 is 4.90 Å². The van der Waals surface area contributed by atoms with E-state index in [-0.39, 0.29) is 0 Å². The van der Waals surface area contributed by atoms with Crippen molar-refractivity contribution in [1.29, 1.82) is 0 Å². The van der Waals surface area contributed by atoms with E-state index in [1.165, 1.54) is 76.1 Å². The van der Waals surface area contributed by atoms with Crippen molar-refractivity contribution in [3.05, 3.63) is 30.4 Å². The number of fused-ring (bicyclic) bond motifs is 1. The zero-order valence-electron chi connectivity index (χ0n) is 19.0. The van der Waals surface area contributed by atoms with Gasteiger partial charge >= 0.3 is 0 Å². The van der Waals surface area contributed by atoms with Crippen molar-refractivity contribution >= 4 is 17.4 Å². The highest BCUT2D eigenvalue weighted by Crippen LogP contribution is 2.44. The molecule has 0 bridgehead atoms. The molecule has 4 heterocycles. The van der Waals surface area contributed by atoms with Gasteiger partial charge in [-0.1, -0.05) is 37.9 Å². The van der Waals surface area contributed by atoms with E-state index >= 15 is 0 Å². The molecule has 2 atom stereocenters. The summed E-state index contributed by atoms with van der Waals surface area (Å²) in [5, 5.41) is 10.2. The van der Waals surface area contributed by atoms with Gasteiger partial charge in [0.25, 0.3) is 0 Å². The number of thioether (sulfide) groups is 1. The van der Waals surface area contributed by atoms with E-state index in [9.17, 15) is 0 Å². The maximum atomic E-state index is 4.55. The molecule has 168 valence electrons. The predicted octanol–water partition coefficient (Wildman–Crippen LogP) is 4.34. The van der Waals surface area contributed by atoms with E-state index in [1.54, 1.807) is 0 Å². The summed E-state index contributed by atoms with van der Waals surface area (Å²) >= 11 is 1.88. The Balaban J connectivity index is 1.11. The zero-order valence-corrected chi connectivity index (χ0v) is 19.9. The largest absolute Gasteiger partial charge is 0.365 e. The van der Waals surface area contributed by atoms with Gasteiger partial charge in [0, 0.05) is 56.0 Å². The Bertz CT molecular complexity index is 864. The van der Waals surface area contributed by atoms with Crippen LogP contribution in [-0.2, 0) is 7.05 Å². The second-order valence-electron chi connectivity index (χ2n) is 10.00. The third-order valence-corrected chi connectivity index (χ3v) is 8.89. The summed E-state index contributed by atoms with van der Waals surface area (Å²) < 4.78 is 2.26. The summed E-state index contributed by atoms with van der Waals surface area (Å²) in [6.07, 6.45) is 13.0. The summed E-state index contributed by atoms with van der Waals surface area (Å²) in [5.74, 6) is 2.94. The Morgan fingerprint density at radius 3 is 2.87 bits per heavy atom. The maximum Gasteiger partial charge on any atom is 0.190 e. The van der Waals surface area contributed by atoms with Crippen LogP contribution in [0.3, 0.4) is 0 Å². The standard InChI is InChI=1S/C24H36N6S/c1-24-11-14-30(20-10-6-12-25-16-20)21(24)17-29(18-24)13-7-15-31-23-27-26-22(28(23)2)19-8-4-3-5-9-19/h6,10,12,16,19,21H,3-5,7-9,11,13-15,17-18H2,1-2H3/t21-,24+/m1/s1. The third-order valence-electron chi connectivity index (χ3n) is 7.79. The van der Waals surface area contributed by atoms with Gasteiger partial charge in [0.05, 0.1) is 11.9 Å². The lowest BCUT2D eigenvalue weighted by Gasteiger charge is -2.29. The van der Waals surface area contributed by atoms with E-state index < -0.39 is 0 Å². The Hall–Kier alpha value is -1.60. The van der Waals surface area contributed by atoms with Gasteiger partial charge in [-0.05, 0) is 44.4 Å². The quantitative estimate of drug-likeness (QED) is 0.471. The number of hydrogen-bond acceptors (Lipinski definition) is 6. The van der Waals surface area contributed by atoms with Crippen LogP contribution in [0.4, 0.5) is 5.69 Å². The minimum absolute atomic E-state index is 0.404. The van der Waals surface area contributed by atoms with Gasteiger partial charge in [0.2, 0.25) is 0 Å².